The molecule has 0 radical (unpaired) electrons. The number of imide groups is 1. The largest absolute Gasteiger partial charge is 0.493 e. The molecule has 0 atom stereocenters. The molecule has 2 heterocycles. The van der Waals surface area contributed by atoms with Crippen LogP contribution in [0.15, 0.2) is 53.4 Å². The van der Waals surface area contributed by atoms with E-state index in [1.54, 1.807) is 61.7 Å². The van der Waals surface area contributed by atoms with Gasteiger partial charge in [-0.15, -0.1) is 0 Å². The highest BCUT2D eigenvalue weighted by atomic mass is 32.2. The van der Waals surface area contributed by atoms with Crippen molar-refractivity contribution < 1.29 is 28.7 Å². The molecule has 0 unspecified atom stereocenters. The van der Waals surface area contributed by atoms with E-state index in [0.29, 0.717) is 26.4 Å². The van der Waals surface area contributed by atoms with E-state index >= 15 is 0 Å². The summed E-state index contributed by atoms with van der Waals surface area (Å²) in [7, 11) is 3.08. The number of amides is 4. The predicted octanol–water partition coefficient (Wildman–Crippen LogP) is 3.98. The number of benzene rings is 2. The van der Waals surface area contributed by atoms with Crippen LogP contribution in [0.2, 0.25) is 0 Å². The third kappa shape index (κ3) is 5.97. The second-order valence-electron chi connectivity index (χ2n) is 7.87. The summed E-state index contributed by atoms with van der Waals surface area (Å²) in [6, 6.07) is 14.1. The van der Waals surface area contributed by atoms with E-state index < -0.39 is 5.24 Å². The molecule has 0 saturated carbocycles. The smallest absolute Gasteiger partial charge is 0.290 e. The van der Waals surface area contributed by atoms with Crippen LogP contribution in [0, 0.1) is 0 Å². The van der Waals surface area contributed by atoms with Gasteiger partial charge in [-0.25, -0.2) is 0 Å². The van der Waals surface area contributed by atoms with E-state index in [1.165, 1.54) is 16.9 Å². The normalized spacial score (nSPS) is 16.6. The third-order valence-electron chi connectivity index (χ3n) is 5.62. The van der Waals surface area contributed by atoms with Crippen LogP contribution in [0.25, 0.3) is 6.08 Å². The van der Waals surface area contributed by atoms with Gasteiger partial charge in [-0.3, -0.25) is 33.9 Å². The number of hydrogen-bond donors (Lipinski definition) is 0. The first-order valence-corrected chi connectivity index (χ1v) is 13.3. The molecule has 4 rings (SSSR count). The zero-order chi connectivity index (χ0) is 26.5. The van der Waals surface area contributed by atoms with Crippen LogP contribution in [0.3, 0.4) is 0 Å². The van der Waals surface area contributed by atoms with Crippen molar-refractivity contribution in [1.82, 2.24) is 9.80 Å². The SMILES string of the molecule is COc1ccc(/C=C2\SC(=S)N(CCC(=O)N(CN3C(=O)CSC3=O)c3ccccc3)C2=O)cc1OC. The minimum absolute atomic E-state index is 0.0473. The van der Waals surface area contributed by atoms with E-state index in [-0.39, 0.29) is 43.1 Å². The van der Waals surface area contributed by atoms with Crippen LogP contribution in [-0.4, -0.2) is 70.3 Å². The molecule has 0 aliphatic carbocycles. The summed E-state index contributed by atoms with van der Waals surface area (Å²) in [5.74, 6) is 0.169. The lowest BCUT2D eigenvalue weighted by atomic mass is 10.2. The van der Waals surface area contributed by atoms with Crippen LogP contribution >= 0.6 is 35.7 Å². The van der Waals surface area contributed by atoms with Crippen molar-refractivity contribution in [1.29, 1.82) is 0 Å². The Kier molecular flexibility index (Phi) is 8.52. The van der Waals surface area contributed by atoms with Crippen LogP contribution in [-0.2, 0) is 14.4 Å². The number of rotatable bonds is 9. The maximum Gasteiger partial charge on any atom is 0.290 e. The number of para-hydroxylation sites is 1. The summed E-state index contributed by atoms with van der Waals surface area (Å²) in [5.41, 5.74) is 1.28. The van der Waals surface area contributed by atoms with E-state index in [9.17, 15) is 19.2 Å². The Labute approximate surface area is 227 Å². The van der Waals surface area contributed by atoms with Crippen molar-refractivity contribution in [3.05, 3.63) is 59.0 Å². The Morgan fingerprint density at radius 3 is 2.43 bits per heavy atom. The monoisotopic (exact) mass is 557 g/mol. The van der Waals surface area contributed by atoms with Gasteiger partial charge in [0.15, 0.2) is 11.5 Å². The van der Waals surface area contributed by atoms with Crippen molar-refractivity contribution in [2.24, 2.45) is 0 Å². The first-order chi connectivity index (χ1) is 17.8. The molecule has 2 fully saturated rings. The average Bonchev–Trinajstić information content (AvgIpc) is 3.37. The van der Waals surface area contributed by atoms with Crippen molar-refractivity contribution in [2.45, 2.75) is 6.42 Å². The number of nitrogens with zero attached hydrogens (tertiary/aromatic N) is 3. The minimum Gasteiger partial charge on any atom is -0.493 e. The fraction of sp³-hybridized carbons (Fsp3) is 0.240. The molecular weight excluding hydrogens is 534 g/mol. The van der Waals surface area contributed by atoms with Crippen LogP contribution < -0.4 is 14.4 Å². The highest BCUT2D eigenvalue weighted by molar-refractivity contribution is 8.26. The van der Waals surface area contributed by atoms with Gasteiger partial charge in [0.2, 0.25) is 11.8 Å². The van der Waals surface area contributed by atoms with Gasteiger partial charge in [0.25, 0.3) is 11.1 Å². The number of thiocarbonyl (C=S) groups is 1. The van der Waals surface area contributed by atoms with E-state index in [2.05, 4.69) is 0 Å². The number of hydrogen-bond acceptors (Lipinski definition) is 9. The molecule has 37 heavy (non-hydrogen) atoms. The zero-order valence-electron chi connectivity index (χ0n) is 20.0. The lowest BCUT2D eigenvalue weighted by molar-refractivity contribution is -0.125. The Morgan fingerprint density at radius 1 is 1.05 bits per heavy atom. The van der Waals surface area contributed by atoms with Crippen molar-refractivity contribution in [3.63, 3.8) is 0 Å². The number of carbonyl (C=O) groups is 4. The summed E-state index contributed by atoms with van der Waals surface area (Å²) < 4.78 is 10.9. The van der Waals surface area contributed by atoms with Gasteiger partial charge in [-0.1, -0.05) is 60.0 Å². The highest BCUT2D eigenvalue weighted by Crippen LogP contribution is 2.35. The Morgan fingerprint density at radius 2 is 1.78 bits per heavy atom. The molecule has 192 valence electrons. The van der Waals surface area contributed by atoms with Gasteiger partial charge < -0.3 is 9.47 Å². The average molecular weight is 558 g/mol. The van der Waals surface area contributed by atoms with Crippen molar-refractivity contribution >= 4 is 74.8 Å². The maximum atomic E-state index is 13.3. The Balaban J connectivity index is 1.47. The van der Waals surface area contributed by atoms with Crippen LogP contribution in [0.4, 0.5) is 10.5 Å². The van der Waals surface area contributed by atoms with Crippen LogP contribution in [0.5, 0.6) is 11.5 Å². The van der Waals surface area contributed by atoms with E-state index in [4.69, 9.17) is 21.7 Å². The molecule has 0 spiro atoms. The molecule has 2 saturated heterocycles. The minimum atomic E-state index is -0.393. The van der Waals surface area contributed by atoms with Gasteiger partial charge in [-0.2, -0.15) is 0 Å². The molecule has 12 heteroatoms. The molecular formula is C25H23N3O6S3. The molecule has 2 aromatic rings. The van der Waals surface area contributed by atoms with Crippen molar-refractivity contribution in [3.8, 4) is 11.5 Å². The lowest BCUT2D eigenvalue weighted by Gasteiger charge is -2.27. The maximum absolute atomic E-state index is 13.3. The summed E-state index contributed by atoms with van der Waals surface area (Å²) in [6.07, 6.45) is 1.66. The summed E-state index contributed by atoms with van der Waals surface area (Å²) >= 11 is 7.48. The molecule has 4 amide bonds. The first kappa shape index (κ1) is 26.7. The highest BCUT2D eigenvalue weighted by Gasteiger charge is 2.35. The molecule has 0 aromatic heterocycles. The molecule has 2 aromatic carbocycles. The predicted molar refractivity (Wildman–Crippen MR) is 148 cm³/mol. The van der Waals surface area contributed by atoms with Crippen LogP contribution in [0.1, 0.15) is 12.0 Å². The first-order valence-electron chi connectivity index (χ1n) is 11.1. The summed E-state index contributed by atoms with van der Waals surface area (Å²) in [6.45, 7) is -0.127. The second-order valence-corrected chi connectivity index (χ2v) is 10.5. The van der Waals surface area contributed by atoms with E-state index in [0.717, 1.165) is 34.0 Å². The van der Waals surface area contributed by atoms with Gasteiger partial charge in [0.05, 0.1) is 24.9 Å². The summed E-state index contributed by atoms with van der Waals surface area (Å²) in [5, 5.41) is -0.393. The Hall–Kier alpha value is -3.35. The fourth-order valence-corrected chi connectivity index (χ4v) is 5.73. The van der Waals surface area contributed by atoms with Gasteiger partial charge in [0.1, 0.15) is 11.0 Å². The number of carbonyl (C=O) groups excluding carboxylic acids is 4. The Bertz CT molecular complexity index is 1270. The fourth-order valence-electron chi connectivity index (χ4n) is 3.70. The number of thioether (sulfide) groups is 2. The van der Waals surface area contributed by atoms with Crippen molar-refractivity contribution in [2.75, 3.05) is 38.1 Å². The number of anilines is 1. The van der Waals surface area contributed by atoms with E-state index in [1.807, 2.05) is 0 Å². The molecule has 2 aliphatic heterocycles. The molecule has 0 N–H and O–H groups in total. The third-order valence-corrected chi connectivity index (χ3v) is 7.86. The van der Waals surface area contributed by atoms with Gasteiger partial charge in [-0.05, 0) is 35.9 Å². The standard InChI is InChI=1S/C25H23N3O6S3/c1-33-18-9-8-16(12-19(18)34-2)13-20-23(31)26(25(35)37-20)11-10-21(29)27(17-6-4-3-5-7-17)15-28-22(30)14-36-24(28)32/h3-9,12-13H,10-11,14-15H2,1-2H3/b20-13-. The quantitative estimate of drug-likeness (QED) is 0.335. The lowest BCUT2D eigenvalue weighted by Crippen LogP contribution is -2.45. The topological polar surface area (TPSA) is 96.5 Å². The molecule has 9 nitrogen and oxygen atoms in total. The summed E-state index contributed by atoms with van der Waals surface area (Å²) in [4.78, 5) is 54.9. The van der Waals surface area contributed by atoms with Gasteiger partial charge in [0, 0.05) is 18.7 Å². The number of ether oxygens (including phenoxy) is 2. The number of methoxy groups -OCH3 is 2. The zero-order valence-corrected chi connectivity index (χ0v) is 22.5. The van der Waals surface area contributed by atoms with Gasteiger partial charge >= 0.3 is 0 Å². The molecule has 0 bridgehead atoms. The molecule has 2 aliphatic rings. The second kappa shape index (κ2) is 11.8.